The minimum Gasteiger partial charge on any atom is -0.353 e. The Bertz CT molecular complexity index is 642. The summed E-state index contributed by atoms with van der Waals surface area (Å²) in [5.74, 6) is 0.160. The van der Waals surface area contributed by atoms with E-state index in [9.17, 15) is 4.79 Å². The van der Waals surface area contributed by atoms with E-state index in [1.807, 2.05) is 31.2 Å². The molecule has 1 unspecified atom stereocenters. The summed E-state index contributed by atoms with van der Waals surface area (Å²) >= 11 is 0. The van der Waals surface area contributed by atoms with E-state index >= 15 is 0 Å². The average Bonchev–Trinajstić information content (AvgIpc) is 2.80. The molecule has 22 heavy (non-hydrogen) atoms. The molecule has 0 spiro atoms. The molecule has 1 aliphatic rings. The molecule has 1 saturated heterocycles. The zero-order valence-corrected chi connectivity index (χ0v) is 13.5. The fourth-order valence-electron chi connectivity index (χ4n) is 3.34. The van der Waals surface area contributed by atoms with E-state index in [4.69, 9.17) is 0 Å². The molecule has 1 atom stereocenters. The highest BCUT2D eigenvalue weighted by Gasteiger charge is 2.28. The van der Waals surface area contributed by atoms with Gasteiger partial charge in [0.25, 0.3) is 5.91 Å². The maximum absolute atomic E-state index is 13.0. The van der Waals surface area contributed by atoms with Gasteiger partial charge in [-0.05, 0) is 44.0 Å². The Balaban J connectivity index is 1.92. The van der Waals surface area contributed by atoms with Crippen LogP contribution >= 0.6 is 0 Å². The molecule has 0 N–H and O–H groups in total. The summed E-state index contributed by atoms with van der Waals surface area (Å²) in [5.41, 5.74) is 3.22. The molecule has 2 aromatic rings. The first kappa shape index (κ1) is 14.9. The van der Waals surface area contributed by atoms with Gasteiger partial charge in [0.05, 0.1) is 6.04 Å². The number of amides is 1. The summed E-state index contributed by atoms with van der Waals surface area (Å²) in [6.07, 6.45) is 6.61. The van der Waals surface area contributed by atoms with Crippen molar-refractivity contribution in [1.82, 2.24) is 9.47 Å². The number of likely N-dealkylation sites (tertiary alicyclic amines) is 1. The zero-order chi connectivity index (χ0) is 15.5. The largest absolute Gasteiger partial charge is 0.353 e. The molecule has 3 heteroatoms. The third-order valence-corrected chi connectivity index (χ3v) is 4.64. The fourth-order valence-corrected chi connectivity index (χ4v) is 3.34. The predicted octanol–water partition coefficient (Wildman–Crippen LogP) is 4.09. The summed E-state index contributed by atoms with van der Waals surface area (Å²) < 4.78 is 2.14. The summed E-state index contributed by atoms with van der Waals surface area (Å²) in [4.78, 5) is 15.1. The number of aryl methyl sites for hydroxylation is 2. The summed E-state index contributed by atoms with van der Waals surface area (Å²) in [6, 6.07) is 12.3. The highest BCUT2D eigenvalue weighted by atomic mass is 16.2. The van der Waals surface area contributed by atoms with Gasteiger partial charge >= 0.3 is 0 Å². The second kappa shape index (κ2) is 6.39. The molecule has 2 heterocycles. The van der Waals surface area contributed by atoms with Gasteiger partial charge in [-0.2, -0.15) is 0 Å². The van der Waals surface area contributed by atoms with Crippen LogP contribution in [-0.4, -0.2) is 21.9 Å². The Kier molecular flexibility index (Phi) is 4.32. The fraction of sp³-hybridized carbons (Fsp3) is 0.421. The molecule has 1 aromatic carbocycles. The minimum atomic E-state index is 0.160. The number of nitrogens with zero attached hydrogens (tertiary/aromatic N) is 2. The molecule has 3 nitrogen and oxygen atoms in total. The van der Waals surface area contributed by atoms with E-state index in [0.717, 1.165) is 24.9 Å². The molecule has 1 fully saturated rings. The van der Waals surface area contributed by atoms with Crippen molar-refractivity contribution in [2.24, 2.45) is 7.05 Å². The van der Waals surface area contributed by atoms with Crippen molar-refractivity contribution < 1.29 is 4.79 Å². The third kappa shape index (κ3) is 2.94. The van der Waals surface area contributed by atoms with Crippen molar-refractivity contribution in [2.75, 3.05) is 6.54 Å². The van der Waals surface area contributed by atoms with Crippen LogP contribution in [0.5, 0.6) is 0 Å². The molecule has 0 aliphatic carbocycles. The number of benzene rings is 1. The SMILES string of the molecule is Cc1ccc(C(=O)N2CCCCCC2c2cccn2C)cc1. The molecule has 116 valence electrons. The number of aromatic nitrogens is 1. The first-order chi connectivity index (χ1) is 10.7. The van der Waals surface area contributed by atoms with Gasteiger partial charge < -0.3 is 9.47 Å². The van der Waals surface area contributed by atoms with Gasteiger partial charge in [-0.1, -0.05) is 30.5 Å². The van der Waals surface area contributed by atoms with Crippen molar-refractivity contribution in [1.29, 1.82) is 0 Å². The number of hydrogen-bond acceptors (Lipinski definition) is 1. The lowest BCUT2D eigenvalue weighted by Gasteiger charge is -2.30. The van der Waals surface area contributed by atoms with Crippen LogP contribution in [0.2, 0.25) is 0 Å². The van der Waals surface area contributed by atoms with Gasteiger partial charge in [0, 0.05) is 31.0 Å². The van der Waals surface area contributed by atoms with Crippen LogP contribution in [0.4, 0.5) is 0 Å². The van der Waals surface area contributed by atoms with E-state index in [0.29, 0.717) is 0 Å². The molecule has 1 aliphatic heterocycles. The quantitative estimate of drug-likeness (QED) is 0.819. The summed E-state index contributed by atoms with van der Waals surface area (Å²) in [5, 5.41) is 0. The van der Waals surface area contributed by atoms with Crippen LogP contribution in [0, 0.1) is 6.92 Å². The van der Waals surface area contributed by atoms with Gasteiger partial charge in [-0.3, -0.25) is 4.79 Å². The molecule has 1 aromatic heterocycles. The highest BCUT2D eigenvalue weighted by Crippen LogP contribution is 2.31. The molecule has 0 saturated carbocycles. The summed E-state index contributed by atoms with van der Waals surface area (Å²) in [7, 11) is 2.06. The number of rotatable bonds is 2. The van der Waals surface area contributed by atoms with Crippen LogP contribution in [0.25, 0.3) is 0 Å². The van der Waals surface area contributed by atoms with E-state index < -0.39 is 0 Å². The zero-order valence-electron chi connectivity index (χ0n) is 13.5. The lowest BCUT2D eigenvalue weighted by Crippen LogP contribution is -2.35. The molecular formula is C19H24N2O. The van der Waals surface area contributed by atoms with E-state index in [2.05, 4.69) is 34.8 Å². The van der Waals surface area contributed by atoms with Crippen molar-refractivity contribution in [3.8, 4) is 0 Å². The highest BCUT2D eigenvalue weighted by molar-refractivity contribution is 5.94. The first-order valence-electron chi connectivity index (χ1n) is 8.15. The monoisotopic (exact) mass is 296 g/mol. The van der Waals surface area contributed by atoms with Crippen LogP contribution in [-0.2, 0) is 7.05 Å². The van der Waals surface area contributed by atoms with E-state index in [-0.39, 0.29) is 11.9 Å². The maximum Gasteiger partial charge on any atom is 0.254 e. The maximum atomic E-state index is 13.0. The van der Waals surface area contributed by atoms with Crippen molar-refractivity contribution in [3.05, 3.63) is 59.4 Å². The van der Waals surface area contributed by atoms with Crippen LogP contribution < -0.4 is 0 Å². The number of carbonyl (C=O) groups is 1. The third-order valence-electron chi connectivity index (χ3n) is 4.64. The van der Waals surface area contributed by atoms with E-state index in [1.54, 1.807) is 0 Å². The molecular weight excluding hydrogens is 272 g/mol. The Morgan fingerprint density at radius 1 is 1.09 bits per heavy atom. The molecule has 3 rings (SSSR count). The first-order valence-corrected chi connectivity index (χ1v) is 8.15. The van der Waals surface area contributed by atoms with Gasteiger partial charge in [0.15, 0.2) is 0 Å². The topological polar surface area (TPSA) is 25.2 Å². The van der Waals surface area contributed by atoms with Crippen molar-refractivity contribution in [3.63, 3.8) is 0 Å². The smallest absolute Gasteiger partial charge is 0.254 e. The van der Waals surface area contributed by atoms with Gasteiger partial charge in [0.2, 0.25) is 0 Å². The molecule has 1 amide bonds. The number of hydrogen-bond donors (Lipinski definition) is 0. The average molecular weight is 296 g/mol. The van der Waals surface area contributed by atoms with Crippen LogP contribution in [0.15, 0.2) is 42.6 Å². The van der Waals surface area contributed by atoms with Crippen LogP contribution in [0.1, 0.15) is 53.3 Å². The molecule has 0 radical (unpaired) electrons. The number of carbonyl (C=O) groups excluding carboxylic acids is 1. The second-order valence-electron chi connectivity index (χ2n) is 6.27. The normalized spacial score (nSPS) is 19.0. The van der Waals surface area contributed by atoms with Crippen molar-refractivity contribution in [2.45, 2.75) is 38.6 Å². The standard InChI is InChI=1S/C19H24N2O/c1-15-9-11-16(12-10-15)19(22)21-14-5-3-4-7-18(21)17-8-6-13-20(17)2/h6,8-13,18H,3-5,7,14H2,1-2H3. The Hall–Kier alpha value is -2.03. The van der Waals surface area contributed by atoms with Gasteiger partial charge in [-0.15, -0.1) is 0 Å². The van der Waals surface area contributed by atoms with Crippen LogP contribution in [0.3, 0.4) is 0 Å². The van der Waals surface area contributed by atoms with E-state index in [1.165, 1.54) is 24.1 Å². The van der Waals surface area contributed by atoms with Gasteiger partial charge in [-0.25, -0.2) is 0 Å². The Morgan fingerprint density at radius 3 is 2.55 bits per heavy atom. The van der Waals surface area contributed by atoms with Gasteiger partial charge in [0.1, 0.15) is 0 Å². The Labute approximate surface area is 132 Å². The Morgan fingerprint density at radius 2 is 1.86 bits per heavy atom. The van der Waals surface area contributed by atoms with Crippen molar-refractivity contribution >= 4 is 5.91 Å². The summed E-state index contributed by atoms with van der Waals surface area (Å²) in [6.45, 7) is 2.90. The predicted molar refractivity (Wildman–Crippen MR) is 88.8 cm³/mol. The lowest BCUT2D eigenvalue weighted by atomic mass is 10.0. The molecule has 0 bridgehead atoms. The minimum absolute atomic E-state index is 0.160. The second-order valence-corrected chi connectivity index (χ2v) is 6.27. The lowest BCUT2D eigenvalue weighted by molar-refractivity contribution is 0.0674.